The fourth-order valence-electron chi connectivity index (χ4n) is 2.81. The van der Waals surface area contributed by atoms with Gasteiger partial charge in [-0.3, -0.25) is 4.79 Å². The van der Waals surface area contributed by atoms with Crippen LogP contribution < -0.4 is 5.32 Å². The molecule has 1 N–H and O–H groups in total. The maximum absolute atomic E-state index is 13.7. The van der Waals surface area contributed by atoms with Gasteiger partial charge in [-0.05, 0) is 36.8 Å². The third-order valence-electron chi connectivity index (χ3n) is 4.16. The van der Waals surface area contributed by atoms with Crippen LogP contribution in [0.2, 0.25) is 0 Å². The van der Waals surface area contributed by atoms with Gasteiger partial charge in [0.15, 0.2) is 0 Å². The summed E-state index contributed by atoms with van der Waals surface area (Å²) in [5.74, 6) is -2.64. The molecule has 0 radical (unpaired) electrons. The van der Waals surface area contributed by atoms with E-state index in [4.69, 9.17) is 0 Å². The van der Waals surface area contributed by atoms with Gasteiger partial charge in [0.25, 0.3) is 5.91 Å². The molecule has 2 heterocycles. The van der Waals surface area contributed by atoms with Gasteiger partial charge in [0.05, 0.1) is 5.69 Å². The van der Waals surface area contributed by atoms with Gasteiger partial charge >= 0.3 is 0 Å². The van der Waals surface area contributed by atoms with Gasteiger partial charge < -0.3 is 5.32 Å². The Morgan fingerprint density at radius 3 is 2.46 bits per heavy atom. The number of carbonyl (C=O) groups is 1. The number of carbonyl (C=O) groups excluding carboxylic acids is 1. The van der Waals surface area contributed by atoms with E-state index < -0.39 is 23.1 Å². The molecule has 4 rings (SSSR count). The zero-order chi connectivity index (χ0) is 19.7. The molecule has 0 fully saturated rings. The molecule has 0 saturated heterocycles. The standard InChI is InChI=1S/C20H14F2N4OS/c1-12-15(11-26(25-12)20-23-9-10-28-20)13-5-7-14(8-6-13)24-19(27)18-16(21)3-2-4-17(18)22/h2-11H,1H3,(H,24,27). The van der Waals surface area contributed by atoms with Gasteiger partial charge in [0.2, 0.25) is 5.13 Å². The van der Waals surface area contributed by atoms with E-state index in [0.717, 1.165) is 34.1 Å². The Kier molecular flexibility index (Phi) is 4.70. The first-order valence-corrected chi connectivity index (χ1v) is 9.23. The van der Waals surface area contributed by atoms with E-state index >= 15 is 0 Å². The van der Waals surface area contributed by atoms with Gasteiger partial charge in [0.1, 0.15) is 17.2 Å². The molecule has 0 atom stereocenters. The number of hydrogen-bond donors (Lipinski definition) is 1. The van der Waals surface area contributed by atoms with Crippen molar-refractivity contribution in [3.63, 3.8) is 0 Å². The lowest BCUT2D eigenvalue weighted by Gasteiger charge is -2.08. The minimum atomic E-state index is -0.903. The molecule has 0 unspecified atom stereocenters. The quantitative estimate of drug-likeness (QED) is 0.537. The summed E-state index contributed by atoms with van der Waals surface area (Å²) in [6.07, 6.45) is 3.60. The molecule has 4 aromatic rings. The lowest BCUT2D eigenvalue weighted by Crippen LogP contribution is -2.15. The molecular formula is C20H14F2N4OS. The summed E-state index contributed by atoms with van der Waals surface area (Å²) in [7, 11) is 0. The number of nitrogens with one attached hydrogen (secondary N) is 1. The molecule has 140 valence electrons. The van der Waals surface area contributed by atoms with E-state index in [1.54, 1.807) is 23.0 Å². The summed E-state index contributed by atoms with van der Waals surface area (Å²) in [5, 5.41) is 9.63. The first kappa shape index (κ1) is 18.0. The molecule has 0 spiro atoms. The van der Waals surface area contributed by atoms with Crippen LogP contribution in [0.25, 0.3) is 16.3 Å². The highest BCUT2D eigenvalue weighted by atomic mass is 32.1. The van der Waals surface area contributed by atoms with E-state index in [1.807, 2.05) is 30.6 Å². The summed E-state index contributed by atoms with van der Waals surface area (Å²) in [5.41, 5.74) is 2.48. The lowest BCUT2D eigenvalue weighted by atomic mass is 10.1. The van der Waals surface area contributed by atoms with E-state index in [1.165, 1.54) is 17.4 Å². The van der Waals surface area contributed by atoms with Crippen molar-refractivity contribution in [2.24, 2.45) is 0 Å². The SMILES string of the molecule is Cc1nn(-c2nccs2)cc1-c1ccc(NC(=O)c2c(F)cccc2F)cc1. The number of anilines is 1. The Morgan fingerprint density at radius 2 is 1.82 bits per heavy atom. The molecule has 8 heteroatoms. The fourth-order valence-corrected chi connectivity index (χ4v) is 3.38. The first-order valence-electron chi connectivity index (χ1n) is 8.35. The highest BCUT2D eigenvalue weighted by Crippen LogP contribution is 2.26. The van der Waals surface area contributed by atoms with Crippen molar-refractivity contribution in [3.8, 4) is 16.3 Å². The summed E-state index contributed by atoms with van der Waals surface area (Å²) in [4.78, 5) is 16.4. The average Bonchev–Trinajstić information content (AvgIpc) is 3.32. The molecule has 28 heavy (non-hydrogen) atoms. The van der Waals surface area contributed by atoms with Crippen LogP contribution in [0.15, 0.2) is 60.2 Å². The fraction of sp³-hybridized carbons (Fsp3) is 0.0500. The zero-order valence-electron chi connectivity index (χ0n) is 14.7. The van der Waals surface area contributed by atoms with Crippen molar-refractivity contribution in [3.05, 3.63) is 83.1 Å². The zero-order valence-corrected chi connectivity index (χ0v) is 15.5. The molecule has 0 bridgehead atoms. The molecule has 2 aromatic heterocycles. The number of amides is 1. The van der Waals surface area contributed by atoms with Gasteiger partial charge in [-0.25, -0.2) is 18.4 Å². The van der Waals surface area contributed by atoms with Crippen LogP contribution in [0.1, 0.15) is 16.1 Å². The monoisotopic (exact) mass is 396 g/mol. The minimum Gasteiger partial charge on any atom is -0.322 e. The number of rotatable bonds is 4. The predicted molar refractivity (Wildman–Crippen MR) is 104 cm³/mol. The smallest absolute Gasteiger partial charge is 0.261 e. The number of aromatic nitrogens is 3. The lowest BCUT2D eigenvalue weighted by molar-refractivity contribution is 0.101. The van der Waals surface area contributed by atoms with Crippen molar-refractivity contribution in [2.75, 3.05) is 5.32 Å². The van der Waals surface area contributed by atoms with Crippen LogP contribution >= 0.6 is 11.3 Å². The maximum atomic E-state index is 13.7. The Labute approximate surface area is 163 Å². The second kappa shape index (κ2) is 7.32. The van der Waals surface area contributed by atoms with Crippen LogP contribution in [0.4, 0.5) is 14.5 Å². The minimum absolute atomic E-state index is 0.432. The second-order valence-corrected chi connectivity index (χ2v) is 6.89. The summed E-state index contributed by atoms with van der Waals surface area (Å²) < 4.78 is 29.2. The highest BCUT2D eigenvalue weighted by molar-refractivity contribution is 7.12. The highest BCUT2D eigenvalue weighted by Gasteiger charge is 2.17. The second-order valence-electron chi connectivity index (χ2n) is 6.02. The Morgan fingerprint density at radius 1 is 1.11 bits per heavy atom. The Bertz CT molecular complexity index is 1120. The normalized spacial score (nSPS) is 10.8. The van der Waals surface area contributed by atoms with E-state index in [0.29, 0.717) is 5.69 Å². The van der Waals surface area contributed by atoms with Crippen LogP contribution in [-0.4, -0.2) is 20.7 Å². The Hall–Kier alpha value is -3.39. The first-order chi connectivity index (χ1) is 13.5. The third-order valence-corrected chi connectivity index (χ3v) is 4.92. The molecule has 2 aromatic carbocycles. The van der Waals surface area contributed by atoms with Crippen LogP contribution in [0.5, 0.6) is 0 Å². The number of halogens is 2. The molecule has 0 aliphatic heterocycles. The van der Waals surface area contributed by atoms with Gasteiger partial charge in [-0.2, -0.15) is 5.10 Å². The number of thiazole rings is 1. The Balaban J connectivity index is 1.56. The largest absolute Gasteiger partial charge is 0.322 e. The van der Waals surface area contributed by atoms with Crippen LogP contribution in [0, 0.1) is 18.6 Å². The van der Waals surface area contributed by atoms with Crippen molar-refractivity contribution in [2.45, 2.75) is 6.92 Å². The molecule has 0 saturated carbocycles. The number of aryl methyl sites for hydroxylation is 1. The van der Waals surface area contributed by atoms with Crippen LogP contribution in [0.3, 0.4) is 0 Å². The molecular weight excluding hydrogens is 382 g/mol. The maximum Gasteiger partial charge on any atom is 0.261 e. The molecule has 0 aliphatic carbocycles. The van der Waals surface area contributed by atoms with Crippen molar-refractivity contribution in [1.82, 2.24) is 14.8 Å². The van der Waals surface area contributed by atoms with Crippen molar-refractivity contribution >= 4 is 22.9 Å². The summed E-state index contributed by atoms with van der Waals surface area (Å²) in [6.45, 7) is 1.90. The van der Waals surface area contributed by atoms with Crippen molar-refractivity contribution < 1.29 is 13.6 Å². The topological polar surface area (TPSA) is 59.8 Å². The van der Waals surface area contributed by atoms with Gasteiger partial charge in [-0.15, -0.1) is 11.3 Å². The average molecular weight is 396 g/mol. The van der Waals surface area contributed by atoms with Gasteiger partial charge in [-0.1, -0.05) is 18.2 Å². The van der Waals surface area contributed by atoms with E-state index in [-0.39, 0.29) is 0 Å². The number of benzene rings is 2. The molecule has 1 amide bonds. The number of nitrogens with zero attached hydrogens (tertiary/aromatic N) is 3. The van der Waals surface area contributed by atoms with Crippen molar-refractivity contribution in [1.29, 1.82) is 0 Å². The summed E-state index contributed by atoms with van der Waals surface area (Å²) in [6, 6.07) is 10.3. The number of hydrogen-bond acceptors (Lipinski definition) is 4. The molecule has 0 aliphatic rings. The van der Waals surface area contributed by atoms with Crippen LogP contribution in [-0.2, 0) is 0 Å². The van der Waals surface area contributed by atoms with E-state index in [2.05, 4.69) is 15.4 Å². The van der Waals surface area contributed by atoms with E-state index in [9.17, 15) is 13.6 Å². The van der Waals surface area contributed by atoms with Gasteiger partial charge in [0, 0.05) is 29.0 Å². The molecule has 5 nitrogen and oxygen atoms in total. The summed E-state index contributed by atoms with van der Waals surface area (Å²) >= 11 is 1.48. The third kappa shape index (κ3) is 3.41. The predicted octanol–water partition coefficient (Wildman–Crippen LogP) is 4.83.